The summed E-state index contributed by atoms with van der Waals surface area (Å²) in [5.41, 5.74) is 1.72. The van der Waals surface area contributed by atoms with E-state index in [1.165, 1.54) is 18.8 Å². The first-order valence-corrected chi connectivity index (χ1v) is 10.9. The van der Waals surface area contributed by atoms with Gasteiger partial charge < -0.3 is 5.32 Å². The summed E-state index contributed by atoms with van der Waals surface area (Å²) >= 11 is 1.54. The topological polar surface area (TPSA) is 66.5 Å². The van der Waals surface area contributed by atoms with Crippen molar-refractivity contribution in [1.82, 2.24) is 4.31 Å². The Bertz CT molecular complexity index is 863. The Morgan fingerprint density at radius 2 is 1.73 bits per heavy atom. The number of sulfonamides is 1. The van der Waals surface area contributed by atoms with Crippen LogP contribution < -0.4 is 5.32 Å². The van der Waals surface area contributed by atoms with E-state index in [0.717, 1.165) is 14.8 Å². The van der Waals surface area contributed by atoms with Crippen LogP contribution in [-0.2, 0) is 14.8 Å². The predicted molar refractivity (Wildman–Crippen MR) is 107 cm³/mol. The molecule has 7 heteroatoms. The number of likely N-dealkylation sites (N-methyl/N-ethyl adjacent to an activating group) is 1. The van der Waals surface area contributed by atoms with Crippen LogP contribution in [0.4, 0.5) is 5.69 Å². The molecule has 0 heterocycles. The number of carbonyl (C=O) groups excluding carboxylic acids is 1. The second-order valence-electron chi connectivity index (χ2n) is 6.23. The average Bonchev–Trinajstić information content (AvgIpc) is 2.61. The van der Waals surface area contributed by atoms with E-state index in [2.05, 4.69) is 5.32 Å². The third-order valence-electron chi connectivity index (χ3n) is 3.99. The molecule has 0 saturated heterocycles. The first kappa shape index (κ1) is 20.5. The van der Waals surface area contributed by atoms with Gasteiger partial charge in [0.15, 0.2) is 0 Å². The molecule has 2 aromatic carbocycles. The van der Waals surface area contributed by atoms with E-state index in [-0.39, 0.29) is 23.3 Å². The maximum Gasteiger partial charge on any atom is 0.243 e. The van der Waals surface area contributed by atoms with Crippen LogP contribution in [-0.4, -0.2) is 38.5 Å². The molecule has 5 nitrogen and oxygen atoms in total. The highest BCUT2D eigenvalue weighted by molar-refractivity contribution is 7.98. The highest BCUT2D eigenvalue weighted by Crippen LogP contribution is 2.24. The molecule has 0 atom stereocenters. The quantitative estimate of drug-likeness (QED) is 0.728. The molecule has 2 rings (SSSR count). The van der Waals surface area contributed by atoms with Gasteiger partial charge in [-0.1, -0.05) is 32.0 Å². The Morgan fingerprint density at radius 3 is 2.31 bits per heavy atom. The van der Waals surface area contributed by atoms with Gasteiger partial charge in [-0.3, -0.25) is 4.79 Å². The maximum absolute atomic E-state index is 12.6. The summed E-state index contributed by atoms with van der Waals surface area (Å²) in [6, 6.07) is 14.2. The minimum absolute atomic E-state index is 0.174. The molecule has 0 bridgehead atoms. The number of hydrogen-bond acceptors (Lipinski definition) is 4. The Hall–Kier alpha value is -1.83. The van der Waals surface area contributed by atoms with Crippen LogP contribution in [0.5, 0.6) is 0 Å². The fourth-order valence-electron chi connectivity index (χ4n) is 2.52. The molecule has 140 valence electrons. The fraction of sp³-hybridized carbons (Fsp3) is 0.316. The zero-order valence-corrected chi connectivity index (χ0v) is 17.0. The van der Waals surface area contributed by atoms with E-state index in [9.17, 15) is 13.2 Å². The lowest BCUT2D eigenvalue weighted by molar-refractivity contribution is -0.116. The molecule has 1 amide bonds. The number of nitrogens with one attached hydrogen (secondary N) is 1. The van der Waals surface area contributed by atoms with E-state index in [1.807, 2.05) is 44.4 Å². The normalized spacial score (nSPS) is 11.8. The molecular formula is C19H24N2O3S2. The van der Waals surface area contributed by atoms with Gasteiger partial charge in [0.25, 0.3) is 0 Å². The number of thioether (sulfide) groups is 1. The molecule has 0 aliphatic heterocycles. The number of carbonyl (C=O) groups is 1. The van der Waals surface area contributed by atoms with Gasteiger partial charge in [0.1, 0.15) is 0 Å². The average molecular weight is 393 g/mol. The smallest absolute Gasteiger partial charge is 0.243 e. The van der Waals surface area contributed by atoms with Crippen LogP contribution in [0.25, 0.3) is 0 Å². The van der Waals surface area contributed by atoms with Crippen LogP contribution in [0.3, 0.4) is 0 Å². The summed E-state index contributed by atoms with van der Waals surface area (Å²) in [4.78, 5) is 13.5. The molecule has 0 spiro atoms. The third-order valence-corrected chi connectivity index (χ3v) is 6.55. The number of benzene rings is 2. The lowest BCUT2D eigenvalue weighted by Crippen LogP contribution is -2.35. The van der Waals surface area contributed by atoms with Crippen molar-refractivity contribution in [2.24, 2.45) is 0 Å². The van der Waals surface area contributed by atoms with Gasteiger partial charge in [0.2, 0.25) is 15.9 Å². The highest BCUT2D eigenvalue weighted by atomic mass is 32.2. The Labute approximate surface area is 159 Å². The number of rotatable bonds is 7. The maximum atomic E-state index is 12.6. The number of nitrogens with zero attached hydrogens (tertiary/aromatic N) is 1. The van der Waals surface area contributed by atoms with Crippen molar-refractivity contribution in [3.63, 3.8) is 0 Å². The largest absolute Gasteiger partial charge is 0.325 e. The van der Waals surface area contributed by atoms with Gasteiger partial charge >= 0.3 is 0 Å². The molecular weight excluding hydrogens is 368 g/mol. The van der Waals surface area contributed by atoms with Crippen LogP contribution in [0.1, 0.15) is 25.3 Å². The molecule has 0 radical (unpaired) electrons. The van der Waals surface area contributed by atoms with Gasteiger partial charge in [-0.05, 0) is 48.1 Å². The molecule has 0 unspecified atom stereocenters. The number of anilines is 1. The van der Waals surface area contributed by atoms with Gasteiger partial charge in [0, 0.05) is 17.6 Å². The first-order chi connectivity index (χ1) is 12.3. The van der Waals surface area contributed by atoms with Crippen molar-refractivity contribution in [2.45, 2.75) is 29.6 Å². The number of amides is 1. The molecule has 2 aromatic rings. The van der Waals surface area contributed by atoms with Gasteiger partial charge in [0.05, 0.1) is 11.4 Å². The van der Waals surface area contributed by atoms with E-state index in [4.69, 9.17) is 0 Å². The second-order valence-corrected chi connectivity index (χ2v) is 9.15. The third kappa shape index (κ3) is 4.87. The van der Waals surface area contributed by atoms with Gasteiger partial charge in [-0.25, -0.2) is 8.42 Å². The summed E-state index contributed by atoms with van der Waals surface area (Å²) in [6.45, 7) is 3.83. The van der Waals surface area contributed by atoms with Crippen LogP contribution in [0.2, 0.25) is 0 Å². The van der Waals surface area contributed by atoms with Crippen molar-refractivity contribution >= 4 is 33.4 Å². The van der Waals surface area contributed by atoms with Crippen molar-refractivity contribution < 1.29 is 13.2 Å². The Morgan fingerprint density at radius 1 is 1.12 bits per heavy atom. The SMILES string of the molecule is CSc1ccc(S(=O)(=O)N(C)CC(=O)Nc2ccccc2C(C)C)cc1. The number of hydrogen-bond donors (Lipinski definition) is 1. The molecule has 0 aliphatic rings. The zero-order valence-electron chi connectivity index (χ0n) is 15.4. The van der Waals surface area contributed by atoms with Crippen molar-refractivity contribution in [3.8, 4) is 0 Å². The molecule has 1 N–H and O–H groups in total. The minimum Gasteiger partial charge on any atom is -0.325 e. The van der Waals surface area contributed by atoms with Crippen LogP contribution in [0, 0.1) is 0 Å². The predicted octanol–water partition coefficient (Wildman–Crippen LogP) is 3.79. The Kier molecular flexibility index (Phi) is 6.86. The summed E-state index contributed by atoms with van der Waals surface area (Å²) < 4.78 is 26.3. The molecule has 26 heavy (non-hydrogen) atoms. The summed E-state index contributed by atoms with van der Waals surface area (Å²) in [6.07, 6.45) is 1.93. The molecule has 0 saturated carbocycles. The standard InChI is InChI=1S/C19H24N2O3S2/c1-14(2)17-7-5-6-8-18(17)20-19(22)13-21(3)26(23,24)16-11-9-15(25-4)10-12-16/h5-12,14H,13H2,1-4H3,(H,20,22). The summed E-state index contributed by atoms with van der Waals surface area (Å²) in [5.74, 6) is -0.118. The zero-order chi connectivity index (χ0) is 19.3. The van der Waals surface area contributed by atoms with Crippen molar-refractivity contribution in [1.29, 1.82) is 0 Å². The minimum atomic E-state index is -3.71. The van der Waals surface area contributed by atoms with Gasteiger partial charge in [-0.2, -0.15) is 4.31 Å². The highest BCUT2D eigenvalue weighted by Gasteiger charge is 2.23. The summed E-state index contributed by atoms with van der Waals surface area (Å²) in [5, 5.41) is 2.82. The lowest BCUT2D eigenvalue weighted by atomic mass is 10.0. The first-order valence-electron chi connectivity index (χ1n) is 8.25. The van der Waals surface area contributed by atoms with Crippen LogP contribution in [0.15, 0.2) is 58.3 Å². The second kappa shape index (κ2) is 8.70. The van der Waals surface area contributed by atoms with Crippen molar-refractivity contribution in [2.75, 3.05) is 25.2 Å². The summed E-state index contributed by atoms with van der Waals surface area (Å²) in [7, 11) is -2.31. The van der Waals surface area contributed by atoms with Crippen LogP contribution >= 0.6 is 11.8 Å². The van der Waals surface area contributed by atoms with E-state index in [0.29, 0.717) is 5.69 Å². The molecule has 0 aromatic heterocycles. The van der Waals surface area contributed by atoms with Gasteiger partial charge in [-0.15, -0.1) is 11.8 Å². The molecule has 0 aliphatic carbocycles. The number of para-hydroxylation sites is 1. The lowest BCUT2D eigenvalue weighted by Gasteiger charge is -2.18. The monoisotopic (exact) mass is 392 g/mol. The van der Waals surface area contributed by atoms with Crippen molar-refractivity contribution in [3.05, 3.63) is 54.1 Å². The molecule has 0 fully saturated rings. The fourth-order valence-corrected chi connectivity index (χ4v) is 4.05. The van der Waals surface area contributed by atoms with E-state index < -0.39 is 10.0 Å². The Balaban J connectivity index is 2.10. The van der Waals surface area contributed by atoms with E-state index in [1.54, 1.807) is 24.3 Å². The van der Waals surface area contributed by atoms with E-state index >= 15 is 0 Å².